The van der Waals surface area contributed by atoms with Gasteiger partial charge in [-0.15, -0.1) is 0 Å². The molecule has 0 spiro atoms. The molecular formula is C17H17ClN2O4S. The van der Waals surface area contributed by atoms with E-state index in [1.807, 2.05) is 6.07 Å². The van der Waals surface area contributed by atoms with Gasteiger partial charge in [0, 0.05) is 17.5 Å². The standard InChI is InChI=1S/C17H17ClN2O4S/c18-11-2-4-12(5-3-11)25(21,22)16-15(17(16,20)8-19)10-1-6-13-14(7-10)24-9-23-13/h1-7,15-16H,8-9,19-20H2/t15-,16-,17+/m0/s1. The van der Waals surface area contributed by atoms with Gasteiger partial charge in [0.1, 0.15) is 0 Å². The highest BCUT2D eigenvalue weighted by Gasteiger charge is 2.68. The van der Waals surface area contributed by atoms with Gasteiger partial charge in [0.2, 0.25) is 6.79 Å². The Morgan fingerprint density at radius 3 is 2.48 bits per heavy atom. The van der Waals surface area contributed by atoms with Gasteiger partial charge in [0.05, 0.1) is 15.7 Å². The summed E-state index contributed by atoms with van der Waals surface area (Å²) in [6, 6.07) is 11.4. The van der Waals surface area contributed by atoms with Gasteiger partial charge in [-0.1, -0.05) is 17.7 Å². The van der Waals surface area contributed by atoms with Crippen molar-refractivity contribution < 1.29 is 17.9 Å². The van der Waals surface area contributed by atoms with Crippen LogP contribution in [0.2, 0.25) is 5.02 Å². The minimum absolute atomic E-state index is 0.0591. The summed E-state index contributed by atoms with van der Waals surface area (Å²) in [5.74, 6) is 0.816. The first kappa shape index (κ1) is 16.7. The van der Waals surface area contributed by atoms with Crippen molar-refractivity contribution in [2.75, 3.05) is 13.3 Å². The summed E-state index contributed by atoms with van der Waals surface area (Å²) >= 11 is 5.85. The molecule has 4 rings (SSSR count). The minimum atomic E-state index is -3.65. The van der Waals surface area contributed by atoms with Gasteiger partial charge in [-0.2, -0.15) is 0 Å². The summed E-state index contributed by atoms with van der Waals surface area (Å²) in [5.41, 5.74) is 11.9. The summed E-state index contributed by atoms with van der Waals surface area (Å²) in [6.45, 7) is 0.213. The van der Waals surface area contributed by atoms with Gasteiger partial charge in [-0.25, -0.2) is 8.42 Å². The number of fused-ring (bicyclic) bond motifs is 1. The van der Waals surface area contributed by atoms with Crippen molar-refractivity contribution in [2.45, 2.75) is 21.6 Å². The lowest BCUT2D eigenvalue weighted by Gasteiger charge is -2.09. The fraction of sp³-hybridized carbons (Fsp3) is 0.294. The Balaban J connectivity index is 1.73. The van der Waals surface area contributed by atoms with E-state index in [0.717, 1.165) is 5.56 Å². The Bertz CT molecular complexity index is 932. The van der Waals surface area contributed by atoms with Crippen molar-refractivity contribution in [2.24, 2.45) is 11.5 Å². The lowest BCUT2D eigenvalue weighted by atomic mass is 10.1. The van der Waals surface area contributed by atoms with Crippen LogP contribution in [-0.2, 0) is 9.84 Å². The van der Waals surface area contributed by atoms with Crippen molar-refractivity contribution in [1.82, 2.24) is 0 Å². The third-order valence-electron chi connectivity index (χ3n) is 4.89. The molecule has 3 atom stereocenters. The predicted octanol–water partition coefficient (Wildman–Crippen LogP) is 1.66. The van der Waals surface area contributed by atoms with Gasteiger partial charge in [0.25, 0.3) is 0 Å². The fourth-order valence-corrected chi connectivity index (χ4v) is 5.94. The molecule has 8 heteroatoms. The van der Waals surface area contributed by atoms with Crippen LogP contribution in [0.1, 0.15) is 11.5 Å². The Morgan fingerprint density at radius 2 is 1.80 bits per heavy atom. The largest absolute Gasteiger partial charge is 0.454 e. The van der Waals surface area contributed by atoms with Gasteiger partial charge >= 0.3 is 0 Å². The normalized spacial score (nSPS) is 27.3. The van der Waals surface area contributed by atoms with Crippen LogP contribution in [0.3, 0.4) is 0 Å². The smallest absolute Gasteiger partial charge is 0.231 e. The number of nitrogens with two attached hydrogens (primary N) is 2. The molecule has 0 unspecified atom stereocenters. The first-order valence-electron chi connectivity index (χ1n) is 7.76. The molecule has 4 N–H and O–H groups in total. The van der Waals surface area contributed by atoms with Crippen LogP contribution in [0.25, 0.3) is 0 Å². The van der Waals surface area contributed by atoms with Crippen molar-refractivity contribution in [3.05, 3.63) is 53.1 Å². The molecule has 2 aromatic rings. The van der Waals surface area contributed by atoms with Crippen LogP contribution in [-0.4, -0.2) is 32.5 Å². The van der Waals surface area contributed by atoms with E-state index in [1.165, 1.54) is 12.1 Å². The van der Waals surface area contributed by atoms with E-state index in [-0.39, 0.29) is 18.2 Å². The molecule has 132 valence electrons. The van der Waals surface area contributed by atoms with Crippen molar-refractivity contribution in [3.63, 3.8) is 0 Å². The first-order valence-corrected chi connectivity index (χ1v) is 9.68. The predicted molar refractivity (Wildman–Crippen MR) is 93.7 cm³/mol. The SMILES string of the molecule is NC[C@@]1(N)[C@@H](c2ccc3c(c2)OCO3)[C@@H]1S(=O)(=O)c1ccc(Cl)cc1. The lowest BCUT2D eigenvalue weighted by Crippen LogP contribution is -2.39. The number of rotatable bonds is 4. The van der Waals surface area contributed by atoms with Gasteiger partial charge in [0.15, 0.2) is 21.3 Å². The number of sulfone groups is 1. The summed E-state index contributed by atoms with van der Waals surface area (Å²) < 4.78 is 36.8. The van der Waals surface area contributed by atoms with Crippen LogP contribution >= 0.6 is 11.6 Å². The molecule has 25 heavy (non-hydrogen) atoms. The maximum atomic E-state index is 13.1. The maximum Gasteiger partial charge on any atom is 0.231 e. The molecule has 1 heterocycles. The number of hydrogen-bond acceptors (Lipinski definition) is 6. The second kappa shape index (κ2) is 5.60. The van der Waals surface area contributed by atoms with E-state index in [2.05, 4.69) is 0 Å². The number of halogens is 1. The van der Waals surface area contributed by atoms with Gasteiger partial charge in [-0.3, -0.25) is 0 Å². The monoisotopic (exact) mass is 380 g/mol. The fourth-order valence-electron chi connectivity index (χ4n) is 3.50. The van der Waals surface area contributed by atoms with Crippen LogP contribution in [0.4, 0.5) is 0 Å². The zero-order valence-electron chi connectivity index (χ0n) is 13.2. The molecule has 1 saturated carbocycles. The average Bonchev–Trinajstić information content (AvgIpc) is 2.99. The molecule has 1 aliphatic carbocycles. The molecule has 2 aromatic carbocycles. The van der Waals surface area contributed by atoms with Crippen LogP contribution < -0.4 is 20.9 Å². The molecule has 0 radical (unpaired) electrons. The van der Waals surface area contributed by atoms with E-state index < -0.39 is 26.5 Å². The zero-order valence-corrected chi connectivity index (χ0v) is 14.8. The van der Waals surface area contributed by atoms with E-state index in [9.17, 15) is 8.42 Å². The van der Waals surface area contributed by atoms with Crippen LogP contribution in [0.15, 0.2) is 47.4 Å². The number of benzene rings is 2. The minimum Gasteiger partial charge on any atom is -0.454 e. The van der Waals surface area contributed by atoms with E-state index in [1.54, 1.807) is 24.3 Å². The van der Waals surface area contributed by atoms with Gasteiger partial charge < -0.3 is 20.9 Å². The molecule has 1 aliphatic heterocycles. The molecule has 0 bridgehead atoms. The highest BCUT2D eigenvalue weighted by molar-refractivity contribution is 7.92. The molecular weight excluding hydrogens is 364 g/mol. The first-order chi connectivity index (χ1) is 11.9. The summed E-state index contributed by atoms with van der Waals surface area (Å²) in [5, 5.41) is -0.327. The van der Waals surface area contributed by atoms with Crippen LogP contribution in [0.5, 0.6) is 11.5 Å². The van der Waals surface area contributed by atoms with Crippen LogP contribution in [0, 0.1) is 0 Å². The second-order valence-electron chi connectivity index (χ2n) is 6.33. The average molecular weight is 381 g/mol. The van der Waals surface area contributed by atoms with E-state index >= 15 is 0 Å². The molecule has 0 saturated heterocycles. The second-order valence-corrected chi connectivity index (χ2v) is 8.83. The highest BCUT2D eigenvalue weighted by Crippen LogP contribution is 2.56. The zero-order chi connectivity index (χ0) is 17.8. The Hall–Kier alpha value is -1.80. The Labute approximate surface area is 150 Å². The molecule has 6 nitrogen and oxygen atoms in total. The summed E-state index contributed by atoms with van der Waals surface area (Å²) in [7, 11) is -3.65. The maximum absolute atomic E-state index is 13.1. The highest BCUT2D eigenvalue weighted by atomic mass is 35.5. The molecule has 1 fully saturated rings. The molecule has 0 amide bonds. The Kier molecular flexibility index (Phi) is 3.73. The number of ether oxygens (including phenoxy) is 2. The summed E-state index contributed by atoms with van der Waals surface area (Å²) in [6.07, 6.45) is 0. The molecule has 2 aliphatic rings. The Morgan fingerprint density at radius 1 is 1.12 bits per heavy atom. The van der Waals surface area contributed by atoms with Crippen molar-refractivity contribution >= 4 is 21.4 Å². The third kappa shape index (κ3) is 2.50. The topological polar surface area (TPSA) is 105 Å². The van der Waals surface area contributed by atoms with E-state index in [4.69, 9.17) is 32.5 Å². The van der Waals surface area contributed by atoms with Crippen molar-refractivity contribution in [1.29, 1.82) is 0 Å². The molecule has 0 aromatic heterocycles. The lowest BCUT2D eigenvalue weighted by molar-refractivity contribution is 0.174. The quantitative estimate of drug-likeness (QED) is 0.835. The third-order valence-corrected chi connectivity index (χ3v) is 7.45. The number of hydrogen-bond donors (Lipinski definition) is 2. The summed E-state index contributed by atoms with van der Waals surface area (Å²) in [4.78, 5) is 0.188. The van der Waals surface area contributed by atoms with Gasteiger partial charge in [-0.05, 0) is 42.0 Å². The van der Waals surface area contributed by atoms with Crippen molar-refractivity contribution in [3.8, 4) is 11.5 Å². The van der Waals surface area contributed by atoms with E-state index in [0.29, 0.717) is 16.5 Å².